The average Bonchev–Trinajstić information content (AvgIpc) is 2.56. The van der Waals surface area contributed by atoms with E-state index in [0.29, 0.717) is 0 Å². The van der Waals surface area contributed by atoms with Crippen LogP contribution in [-0.2, 0) is 0 Å². The van der Waals surface area contributed by atoms with Gasteiger partial charge < -0.3 is 0 Å². The molecule has 21 heavy (non-hydrogen) atoms. The quantitative estimate of drug-likeness (QED) is 0.452. The molecule has 0 amide bonds. The van der Waals surface area contributed by atoms with E-state index in [1.54, 1.807) is 0 Å². The SMILES string of the molecule is c1ccc2c([N]c3cccc4ccccc34)cccc2c1. The Bertz CT molecular complexity index is 837. The molecule has 0 N–H and O–H groups in total. The van der Waals surface area contributed by atoms with Crippen LogP contribution in [0.1, 0.15) is 0 Å². The number of benzene rings is 4. The lowest BCUT2D eigenvalue weighted by molar-refractivity contribution is 1.22. The minimum Gasteiger partial charge on any atom is -0.248 e. The van der Waals surface area contributed by atoms with Crippen LogP contribution in [-0.4, -0.2) is 0 Å². The van der Waals surface area contributed by atoms with Crippen LogP contribution in [0.25, 0.3) is 21.5 Å². The molecule has 1 heteroatoms. The van der Waals surface area contributed by atoms with Crippen LogP contribution in [0.5, 0.6) is 0 Å². The molecule has 0 saturated carbocycles. The van der Waals surface area contributed by atoms with E-state index in [1.807, 2.05) is 0 Å². The predicted octanol–water partition coefficient (Wildman–Crippen LogP) is 5.56. The molecule has 0 bridgehead atoms. The van der Waals surface area contributed by atoms with Crippen molar-refractivity contribution in [1.82, 2.24) is 5.32 Å². The van der Waals surface area contributed by atoms with Crippen LogP contribution in [0.2, 0.25) is 0 Å². The molecule has 0 aromatic heterocycles. The van der Waals surface area contributed by atoms with Crippen LogP contribution in [0, 0.1) is 0 Å². The van der Waals surface area contributed by atoms with Gasteiger partial charge in [0.2, 0.25) is 0 Å². The lowest BCUT2D eigenvalue weighted by Gasteiger charge is -2.09. The van der Waals surface area contributed by atoms with Gasteiger partial charge >= 0.3 is 0 Å². The number of hydrogen-bond acceptors (Lipinski definition) is 0. The van der Waals surface area contributed by atoms with Crippen LogP contribution < -0.4 is 5.32 Å². The number of rotatable bonds is 2. The average molecular weight is 268 g/mol. The molecule has 0 heterocycles. The second-order valence-corrected chi connectivity index (χ2v) is 5.11. The van der Waals surface area contributed by atoms with Crippen molar-refractivity contribution in [1.29, 1.82) is 0 Å². The molecular formula is C20H14N. The van der Waals surface area contributed by atoms with Crippen molar-refractivity contribution in [2.45, 2.75) is 0 Å². The summed E-state index contributed by atoms with van der Waals surface area (Å²) in [5, 5.41) is 9.72. The van der Waals surface area contributed by atoms with E-state index in [0.717, 1.165) is 11.4 Å². The zero-order valence-corrected chi connectivity index (χ0v) is 11.5. The fraction of sp³-hybridized carbons (Fsp3) is 0. The molecule has 4 aromatic rings. The van der Waals surface area contributed by atoms with Gasteiger partial charge in [-0.3, -0.25) is 0 Å². The van der Waals surface area contributed by atoms with E-state index in [-0.39, 0.29) is 0 Å². The molecule has 0 atom stereocenters. The summed E-state index contributed by atoms with van der Waals surface area (Å²) in [4.78, 5) is 0. The highest BCUT2D eigenvalue weighted by Crippen LogP contribution is 2.30. The van der Waals surface area contributed by atoms with Crippen molar-refractivity contribution in [2.75, 3.05) is 0 Å². The Morgan fingerprint density at radius 3 is 1.38 bits per heavy atom. The molecule has 0 aliphatic carbocycles. The van der Waals surface area contributed by atoms with E-state index < -0.39 is 0 Å². The zero-order chi connectivity index (χ0) is 14.1. The van der Waals surface area contributed by atoms with Gasteiger partial charge in [0.25, 0.3) is 0 Å². The van der Waals surface area contributed by atoms with Gasteiger partial charge in [-0.2, -0.15) is 0 Å². The topological polar surface area (TPSA) is 14.1 Å². The van der Waals surface area contributed by atoms with Crippen LogP contribution in [0.3, 0.4) is 0 Å². The van der Waals surface area contributed by atoms with Crippen LogP contribution >= 0.6 is 0 Å². The van der Waals surface area contributed by atoms with Crippen molar-refractivity contribution in [2.24, 2.45) is 0 Å². The highest BCUT2D eigenvalue weighted by molar-refractivity contribution is 5.97. The monoisotopic (exact) mass is 268 g/mol. The number of fused-ring (bicyclic) bond motifs is 2. The fourth-order valence-electron chi connectivity index (χ4n) is 2.74. The summed E-state index contributed by atoms with van der Waals surface area (Å²) in [5.74, 6) is 0. The van der Waals surface area contributed by atoms with Gasteiger partial charge in [-0.15, -0.1) is 0 Å². The Hall–Kier alpha value is -2.80. The molecule has 1 radical (unpaired) electrons. The molecule has 0 saturated heterocycles. The highest BCUT2D eigenvalue weighted by atomic mass is 14.9. The first-order valence-corrected chi connectivity index (χ1v) is 7.09. The minimum absolute atomic E-state index is 1.02. The first-order chi connectivity index (χ1) is 10.4. The molecule has 0 unspecified atom stereocenters. The van der Waals surface area contributed by atoms with E-state index in [9.17, 15) is 0 Å². The molecule has 4 rings (SSSR count). The van der Waals surface area contributed by atoms with E-state index in [4.69, 9.17) is 5.32 Å². The summed E-state index contributed by atoms with van der Waals surface area (Å²) in [6, 6.07) is 29.2. The standard InChI is InChI=1S/C20H14N/c1-3-11-17-15(7-1)9-5-13-19(17)21-20-14-6-10-16-8-2-4-12-18(16)20/h1-14H. The van der Waals surface area contributed by atoms with Crippen molar-refractivity contribution < 1.29 is 0 Å². The first-order valence-electron chi connectivity index (χ1n) is 7.09. The van der Waals surface area contributed by atoms with Gasteiger partial charge in [-0.05, 0) is 22.9 Å². The number of nitrogens with zero attached hydrogens (tertiary/aromatic N) is 1. The summed E-state index contributed by atoms with van der Waals surface area (Å²) >= 11 is 0. The molecule has 99 valence electrons. The second kappa shape index (κ2) is 4.95. The smallest absolute Gasteiger partial charge is 0.0715 e. The normalized spacial score (nSPS) is 10.9. The number of hydrogen-bond donors (Lipinski definition) is 0. The summed E-state index contributed by atoms with van der Waals surface area (Å²) in [5.41, 5.74) is 2.04. The van der Waals surface area contributed by atoms with E-state index in [2.05, 4.69) is 84.9 Å². The molecular weight excluding hydrogens is 254 g/mol. The van der Waals surface area contributed by atoms with Crippen molar-refractivity contribution in [3.63, 3.8) is 0 Å². The van der Waals surface area contributed by atoms with Crippen molar-refractivity contribution in [3.8, 4) is 0 Å². The fourth-order valence-corrected chi connectivity index (χ4v) is 2.74. The van der Waals surface area contributed by atoms with Crippen LogP contribution in [0.4, 0.5) is 11.4 Å². The molecule has 0 fully saturated rings. The Kier molecular flexibility index (Phi) is 2.82. The van der Waals surface area contributed by atoms with E-state index in [1.165, 1.54) is 21.5 Å². The Morgan fingerprint density at radius 1 is 0.429 bits per heavy atom. The third-order valence-corrected chi connectivity index (χ3v) is 3.77. The first kappa shape index (κ1) is 12.0. The lowest BCUT2D eigenvalue weighted by Crippen LogP contribution is -1.91. The summed E-state index contributed by atoms with van der Waals surface area (Å²) in [7, 11) is 0. The maximum Gasteiger partial charge on any atom is 0.0715 e. The second-order valence-electron chi connectivity index (χ2n) is 5.11. The zero-order valence-electron chi connectivity index (χ0n) is 11.5. The Labute approximate surface area is 123 Å². The molecule has 1 nitrogen and oxygen atoms in total. The van der Waals surface area contributed by atoms with E-state index >= 15 is 0 Å². The molecule has 4 aromatic carbocycles. The summed E-state index contributed by atoms with van der Waals surface area (Å²) in [6.07, 6.45) is 0. The van der Waals surface area contributed by atoms with Crippen molar-refractivity contribution >= 4 is 32.9 Å². The predicted molar refractivity (Wildman–Crippen MR) is 89.4 cm³/mol. The lowest BCUT2D eigenvalue weighted by atomic mass is 10.1. The maximum atomic E-state index is 4.90. The highest BCUT2D eigenvalue weighted by Gasteiger charge is 2.05. The maximum absolute atomic E-state index is 4.90. The summed E-state index contributed by atoms with van der Waals surface area (Å²) in [6.45, 7) is 0. The largest absolute Gasteiger partial charge is 0.248 e. The molecule has 0 aliphatic heterocycles. The summed E-state index contributed by atoms with van der Waals surface area (Å²) < 4.78 is 0. The van der Waals surface area contributed by atoms with Gasteiger partial charge in [0.15, 0.2) is 0 Å². The van der Waals surface area contributed by atoms with Gasteiger partial charge in [0.1, 0.15) is 0 Å². The third kappa shape index (κ3) is 2.13. The minimum atomic E-state index is 1.02. The van der Waals surface area contributed by atoms with Gasteiger partial charge in [-0.25, -0.2) is 5.32 Å². The molecule has 0 spiro atoms. The third-order valence-electron chi connectivity index (χ3n) is 3.77. The van der Waals surface area contributed by atoms with Gasteiger partial charge in [-0.1, -0.05) is 72.8 Å². The van der Waals surface area contributed by atoms with Crippen LogP contribution in [0.15, 0.2) is 84.9 Å². The molecule has 0 aliphatic rings. The van der Waals surface area contributed by atoms with Crippen molar-refractivity contribution in [3.05, 3.63) is 84.9 Å². The van der Waals surface area contributed by atoms with Gasteiger partial charge in [0.05, 0.1) is 11.4 Å². The van der Waals surface area contributed by atoms with Gasteiger partial charge in [0, 0.05) is 10.8 Å². The Morgan fingerprint density at radius 2 is 0.857 bits per heavy atom. The Balaban J connectivity index is 1.87.